The summed E-state index contributed by atoms with van der Waals surface area (Å²) in [6, 6.07) is 2.73. The average Bonchev–Trinajstić information content (AvgIpc) is 3.20. The number of allylic oxidation sites excluding steroid dienone is 1. The Morgan fingerprint density at radius 2 is 2.03 bits per heavy atom. The Morgan fingerprint density at radius 3 is 2.70 bits per heavy atom. The van der Waals surface area contributed by atoms with Crippen molar-refractivity contribution >= 4 is 5.97 Å². The number of ether oxygens (including phenoxy) is 1. The van der Waals surface area contributed by atoms with E-state index in [0.717, 1.165) is 38.5 Å². The molecule has 8 atom stereocenters. The van der Waals surface area contributed by atoms with Gasteiger partial charge in [-0.05, 0) is 68.1 Å². The molecule has 0 amide bonds. The molecular weight excluding hydrogens is 374 g/mol. The van der Waals surface area contributed by atoms with Crippen LogP contribution in [0, 0.1) is 57.2 Å². The average molecular weight is 410 g/mol. The van der Waals surface area contributed by atoms with Crippen LogP contribution in [0.5, 0.6) is 0 Å². The van der Waals surface area contributed by atoms with Gasteiger partial charge in [-0.1, -0.05) is 38.8 Å². The molecule has 1 spiro atoms. The maximum atomic E-state index is 12.9. The summed E-state index contributed by atoms with van der Waals surface area (Å²) in [5.74, 6) is 1.70. The van der Waals surface area contributed by atoms with Crippen molar-refractivity contribution in [2.24, 2.45) is 56.1 Å². The number of esters is 1. The number of azo groups is 1. The minimum atomic E-state index is -0.716. The monoisotopic (exact) mass is 409 g/mol. The number of nitriles is 1. The Kier molecular flexibility index (Phi) is 4.16. The molecule has 3 fully saturated rings. The summed E-state index contributed by atoms with van der Waals surface area (Å²) in [4.78, 5) is 12.9. The van der Waals surface area contributed by atoms with Crippen LogP contribution in [0.3, 0.4) is 0 Å². The highest BCUT2D eigenvalue weighted by Gasteiger charge is 2.75. The van der Waals surface area contributed by atoms with Crippen molar-refractivity contribution in [3.8, 4) is 6.07 Å². The van der Waals surface area contributed by atoms with Crippen molar-refractivity contribution in [3.05, 3.63) is 11.6 Å². The molecule has 0 aromatic rings. The molecule has 0 N–H and O–H groups in total. The predicted octanol–water partition coefficient (Wildman–Crippen LogP) is 5.33. The highest BCUT2D eigenvalue weighted by Crippen LogP contribution is 2.75. The third kappa shape index (κ3) is 2.06. The summed E-state index contributed by atoms with van der Waals surface area (Å²) >= 11 is 0. The Hall–Kier alpha value is -1.70. The molecule has 162 valence electrons. The number of fused-ring (bicyclic) bond motifs is 1. The first-order chi connectivity index (χ1) is 14.2. The topological polar surface area (TPSA) is 74.8 Å². The molecule has 1 aliphatic heterocycles. The number of carbonyl (C=O) groups is 1. The molecule has 30 heavy (non-hydrogen) atoms. The first-order valence-corrected chi connectivity index (χ1v) is 11.8. The van der Waals surface area contributed by atoms with Crippen LogP contribution in [0.2, 0.25) is 0 Å². The van der Waals surface area contributed by atoms with Gasteiger partial charge in [-0.25, -0.2) is 0 Å². The van der Waals surface area contributed by atoms with Gasteiger partial charge in [0, 0.05) is 11.3 Å². The Bertz CT molecular complexity index is 887. The number of rotatable bonds is 2. The third-order valence-corrected chi connectivity index (χ3v) is 10.3. The first-order valence-electron chi connectivity index (χ1n) is 11.8. The van der Waals surface area contributed by atoms with E-state index >= 15 is 0 Å². The molecule has 3 saturated carbocycles. The largest absolute Gasteiger partial charge is 0.469 e. The summed E-state index contributed by atoms with van der Waals surface area (Å²) in [6.45, 7) is 9.82. The van der Waals surface area contributed by atoms with Gasteiger partial charge in [-0.3, -0.25) is 4.79 Å². The van der Waals surface area contributed by atoms with Gasteiger partial charge < -0.3 is 4.74 Å². The molecule has 5 nitrogen and oxygen atoms in total. The lowest BCUT2D eigenvalue weighted by Crippen LogP contribution is -2.70. The zero-order valence-corrected chi connectivity index (χ0v) is 19.1. The van der Waals surface area contributed by atoms with E-state index in [0.29, 0.717) is 30.2 Å². The maximum Gasteiger partial charge on any atom is 0.311 e. The molecule has 5 aliphatic carbocycles. The van der Waals surface area contributed by atoms with Crippen LogP contribution in [0.4, 0.5) is 0 Å². The molecule has 5 heteroatoms. The van der Waals surface area contributed by atoms with Crippen LogP contribution >= 0.6 is 0 Å². The fourth-order valence-electron chi connectivity index (χ4n) is 9.12. The van der Waals surface area contributed by atoms with Crippen LogP contribution in [-0.4, -0.2) is 25.2 Å². The molecule has 6 aliphatic rings. The molecule has 1 heterocycles. The fraction of sp³-hybridized carbons (Fsp3) is 0.840. The van der Waals surface area contributed by atoms with Crippen molar-refractivity contribution in [1.82, 2.24) is 0 Å². The van der Waals surface area contributed by atoms with Gasteiger partial charge in [0.15, 0.2) is 5.54 Å². The molecule has 2 bridgehead atoms. The van der Waals surface area contributed by atoms with Crippen molar-refractivity contribution in [2.45, 2.75) is 71.8 Å². The second kappa shape index (κ2) is 6.17. The molecule has 0 unspecified atom stereocenters. The SMILES string of the molecule is COC(=O)[C@]1(C)CCC[C@@]2(C)[C@H]1CC[C@]13C=C(C(C)C)[C@H](C[C@H]21)[C@H]1CN=N[C@]13C#N. The van der Waals surface area contributed by atoms with Crippen molar-refractivity contribution in [3.63, 3.8) is 0 Å². The van der Waals surface area contributed by atoms with E-state index in [1.54, 1.807) is 0 Å². The van der Waals surface area contributed by atoms with E-state index in [9.17, 15) is 10.1 Å². The molecule has 0 aromatic carbocycles. The lowest BCUT2D eigenvalue weighted by atomic mass is 9.33. The lowest BCUT2D eigenvalue weighted by molar-refractivity contribution is -0.194. The van der Waals surface area contributed by atoms with Crippen molar-refractivity contribution in [2.75, 3.05) is 13.7 Å². The Morgan fingerprint density at radius 1 is 1.27 bits per heavy atom. The Labute approximate surface area is 180 Å². The molecular formula is C25H35N3O2. The second-order valence-electron chi connectivity index (χ2n) is 11.5. The summed E-state index contributed by atoms with van der Waals surface area (Å²) < 4.78 is 5.31. The first kappa shape index (κ1) is 20.2. The molecule has 6 rings (SSSR count). The van der Waals surface area contributed by atoms with Crippen LogP contribution in [-0.2, 0) is 9.53 Å². The summed E-state index contributed by atoms with van der Waals surface area (Å²) in [7, 11) is 1.53. The number of nitrogens with zero attached hydrogens (tertiary/aromatic N) is 3. The van der Waals surface area contributed by atoms with Crippen molar-refractivity contribution in [1.29, 1.82) is 5.26 Å². The summed E-state index contributed by atoms with van der Waals surface area (Å²) in [5.41, 5.74) is 0.153. The zero-order valence-electron chi connectivity index (χ0n) is 19.1. The molecule has 0 aromatic heterocycles. The van der Waals surface area contributed by atoms with Gasteiger partial charge in [-0.15, -0.1) is 0 Å². The van der Waals surface area contributed by atoms with E-state index in [-0.39, 0.29) is 22.7 Å². The van der Waals surface area contributed by atoms with E-state index < -0.39 is 11.0 Å². The van der Waals surface area contributed by atoms with E-state index in [2.05, 4.69) is 45.0 Å². The summed E-state index contributed by atoms with van der Waals surface area (Å²) in [5, 5.41) is 19.8. The fourth-order valence-corrected chi connectivity index (χ4v) is 9.12. The quantitative estimate of drug-likeness (QED) is 0.457. The number of hydrogen-bond acceptors (Lipinski definition) is 5. The summed E-state index contributed by atoms with van der Waals surface area (Å²) in [6.07, 6.45) is 8.58. The van der Waals surface area contributed by atoms with E-state index in [4.69, 9.17) is 9.85 Å². The predicted molar refractivity (Wildman–Crippen MR) is 113 cm³/mol. The van der Waals surface area contributed by atoms with Crippen LogP contribution in [0.1, 0.15) is 66.2 Å². The van der Waals surface area contributed by atoms with Gasteiger partial charge in [0.25, 0.3) is 0 Å². The standard InChI is InChI=1S/C25H35N3O2/c1-15(2)17-12-24-10-7-19-22(3,8-6-9-23(19,4)21(29)30-5)20(24)11-16(17)18-13-27-28-25(18,24)14-26/h12,15-16,18-20H,6-11,13H2,1-5H3/t16-,18+,19+,20+,22-,23+,24-,25+/m0/s1. The highest BCUT2D eigenvalue weighted by molar-refractivity contribution is 5.77. The van der Waals surface area contributed by atoms with Crippen molar-refractivity contribution < 1.29 is 9.53 Å². The van der Waals surface area contributed by atoms with Gasteiger partial charge in [0.2, 0.25) is 0 Å². The smallest absolute Gasteiger partial charge is 0.311 e. The number of hydrogen-bond donors (Lipinski definition) is 0. The molecule has 0 saturated heterocycles. The minimum Gasteiger partial charge on any atom is -0.469 e. The van der Waals surface area contributed by atoms with E-state index in [1.807, 2.05) is 0 Å². The normalized spacial score (nSPS) is 50.9. The maximum absolute atomic E-state index is 12.9. The van der Waals surface area contributed by atoms with Crippen LogP contribution in [0.15, 0.2) is 21.9 Å². The number of methoxy groups -OCH3 is 1. The lowest BCUT2D eigenvalue weighted by Gasteiger charge is -2.70. The van der Waals surface area contributed by atoms with Gasteiger partial charge in [0.1, 0.15) is 0 Å². The van der Waals surface area contributed by atoms with Gasteiger partial charge in [0.05, 0.1) is 25.1 Å². The van der Waals surface area contributed by atoms with Gasteiger partial charge in [-0.2, -0.15) is 15.5 Å². The van der Waals surface area contributed by atoms with Crippen LogP contribution in [0.25, 0.3) is 0 Å². The third-order valence-electron chi connectivity index (χ3n) is 10.3. The highest BCUT2D eigenvalue weighted by atomic mass is 16.5. The van der Waals surface area contributed by atoms with Gasteiger partial charge >= 0.3 is 5.97 Å². The Balaban J connectivity index is 1.68. The van der Waals surface area contributed by atoms with E-state index in [1.165, 1.54) is 12.7 Å². The second-order valence-corrected chi connectivity index (χ2v) is 11.5. The minimum absolute atomic E-state index is 0.0175. The molecule has 0 radical (unpaired) electrons. The number of carbonyl (C=O) groups excluding carboxylic acids is 1. The van der Waals surface area contributed by atoms with Crippen LogP contribution < -0.4 is 0 Å². The zero-order chi connectivity index (χ0) is 21.5.